The number of benzene rings is 1. The second-order valence-corrected chi connectivity index (χ2v) is 6.84. The minimum atomic E-state index is -0.387. The molecular formula is C19H24FN3O2. The molecule has 25 heavy (non-hydrogen) atoms. The van der Waals surface area contributed by atoms with E-state index in [9.17, 15) is 14.3 Å². The van der Waals surface area contributed by atoms with Crippen molar-refractivity contribution in [3.8, 4) is 5.69 Å². The topological polar surface area (TPSA) is 58.4 Å². The van der Waals surface area contributed by atoms with Crippen molar-refractivity contribution in [1.82, 2.24) is 14.7 Å². The van der Waals surface area contributed by atoms with Crippen molar-refractivity contribution in [2.75, 3.05) is 13.1 Å². The molecule has 2 unspecified atom stereocenters. The summed E-state index contributed by atoms with van der Waals surface area (Å²) >= 11 is 0. The van der Waals surface area contributed by atoms with Crippen LogP contribution in [0.5, 0.6) is 0 Å². The lowest BCUT2D eigenvalue weighted by atomic mass is 10.0. The number of halogens is 1. The normalized spacial score (nSPS) is 18.6. The molecule has 1 saturated heterocycles. The molecule has 0 aliphatic carbocycles. The molecule has 1 aromatic heterocycles. The van der Waals surface area contributed by atoms with Crippen LogP contribution in [0.4, 0.5) is 4.39 Å². The Bertz CT molecular complexity index is 768. The highest BCUT2D eigenvalue weighted by molar-refractivity contribution is 5.79. The van der Waals surface area contributed by atoms with E-state index >= 15 is 0 Å². The number of aliphatic hydroxyl groups is 1. The number of aliphatic hydroxyl groups excluding tert-OH is 1. The Balaban J connectivity index is 1.77. The Labute approximate surface area is 147 Å². The van der Waals surface area contributed by atoms with Gasteiger partial charge in [-0.3, -0.25) is 4.79 Å². The molecule has 5 nitrogen and oxygen atoms in total. The standard InChI is InChI=1S/C19H24FN3O2/c1-12-18(10-19(25)22-9-8-15(11-22)14(3)24)13(2)23(21-12)17-6-4-16(20)5-7-17/h4-7,14-15,24H,8-11H2,1-3H3. The summed E-state index contributed by atoms with van der Waals surface area (Å²) in [5, 5.41) is 14.2. The van der Waals surface area contributed by atoms with Gasteiger partial charge in [-0.15, -0.1) is 0 Å². The van der Waals surface area contributed by atoms with Crippen LogP contribution >= 0.6 is 0 Å². The van der Waals surface area contributed by atoms with Crippen LogP contribution in [0, 0.1) is 25.6 Å². The van der Waals surface area contributed by atoms with E-state index in [-0.39, 0.29) is 23.7 Å². The summed E-state index contributed by atoms with van der Waals surface area (Å²) in [4.78, 5) is 14.5. The van der Waals surface area contributed by atoms with E-state index in [1.54, 1.807) is 23.7 Å². The number of carbonyl (C=O) groups excluding carboxylic acids is 1. The fourth-order valence-corrected chi connectivity index (χ4v) is 3.44. The van der Waals surface area contributed by atoms with Gasteiger partial charge in [-0.25, -0.2) is 9.07 Å². The minimum absolute atomic E-state index is 0.0630. The van der Waals surface area contributed by atoms with Crippen molar-refractivity contribution < 1.29 is 14.3 Å². The maximum Gasteiger partial charge on any atom is 0.227 e. The van der Waals surface area contributed by atoms with Crippen LogP contribution in [-0.2, 0) is 11.2 Å². The molecule has 2 heterocycles. The van der Waals surface area contributed by atoms with Gasteiger partial charge >= 0.3 is 0 Å². The summed E-state index contributed by atoms with van der Waals surface area (Å²) in [5.74, 6) is -0.0662. The molecule has 1 fully saturated rings. The maximum absolute atomic E-state index is 13.1. The third-order valence-corrected chi connectivity index (χ3v) is 5.10. The van der Waals surface area contributed by atoms with Crippen molar-refractivity contribution in [1.29, 1.82) is 0 Å². The van der Waals surface area contributed by atoms with E-state index < -0.39 is 0 Å². The van der Waals surface area contributed by atoms with Gasteiger partial charge in [0.1, 0.15) is 5.82 Å². The predicted octanol–water partition coefficient (Wildman–Crippen LogP) is 2.40. The summed E-state index contributed by atoms with van der Waals surface area (Å²) in [6.45, 7) is 6.89. The van der Waals surface area contributed by atoms with Gasteiger partial charge in [-0.2, -0.15) is 5.10 Å². The van der Waals surface area contributed by atoms with Crippen LogP contribution in [0.3, 0.4) is 0 Å². The zero-order valence-corrected chi connectivity index (χ0v) is 14.9. The van der Waals surface area contributed by atoms with E-state index in [0.717, 1.165) is 29.1 Å². The van der Waals surface area contributed by atoms with Gasteiger partial charge in [0.25, 0.3) is 0 Å². The van der Waals surface area contributed by atoms with Gasteiger partial charge in [-0.1, -0.05) is 0 Å². The fourth-order valence-electron chi connectivity index (χ4n) is 3.44. The maximum atomic E-state index is 13.1. The van der Waals surface area contributed by atoms with E-state index in [2.05, 4.69) is 5.10 Å². The third-order valence-electron chi connectivity index (χ3n) is 5.10. The highest BCUT2D eigenvalue weighted by Gasteiger charge is 2.29. The van der Waals surface area contributed by atoms with Crippen molar-refractivity contribution >= 4 is 5.91 Å². The smallest absolute Gasteiger partial charge is 0.227 e. The predicted molar refractivity (Wildman–Crippen MR) is 93.1 cm³/mol. The fraction of sp³-hybridized carbons (Fsp3) is 0.474. The van der Waals surface area contributed by atoms with Gasteiger partial charge < -0.3 is 10.0 Å². The third kappa shape index (κ3) is 3.58. The number of carbonyl (C=O) groups is 1. The monoisotopic (exact) mass is 345 g/mol. The summed E-state index contributed by atoms with van der Waals surface area (Å²) in [6.07, 6.45) is 0.754. The molecule has 1 aromatic carbocycles. The number of nitrogens with zero attached hydrogens (tertiary/aromatic N) is 3. The number of aryl methyl sites for hydroxylation is 1. The van der Waals surface area contributed by atoms with Crippen molar-refractivity contribution in [3.05, 3.63) is 47.0 Å². The Hall–Kier alpha value is -2.21. The Morgan fingerprint density at radius 2 is 2.04 bits per heavy atom. The minimum Gasteiger partial charge on any atom is -0.393 e. The molecule has 134 valence electrons. The van der Waals surface area contributed by atoms with Crippen molar-refractivity contribution in [2.45, 2.75) is 39.7 Å². The molecule has 6 heteroatoms. The molecular weight excluding hydrogens is 321 g/mol. The first-order valence-electron chi connectivity index (χ1n) is 8.63. The molecule has 0 radical (unpaired) electrons. The van der Waals surface area contributed by atoms with E-state index in [1.807, 2.05) is 18.7 Å². The molecule has 1 aliphatic rings. The van der Waals surface area contributed by atoms with Gasteiger partial charge in [-0.05, 0) is 51.5 Å². The molecule has 1 aliphatic heterocycles. The first-order chi connectivity index (χ1) is 11.9. The zero-order valence-electron chi connectivity index (χ0n) is 14.9. The quantitative estimate of drug-likeness (QED) is 0.926. The van der Waals surface area contributed by atoms with Crippen LogP contribution in [0.1, 0.15) is 30.3 Å². The van der Waals surface area contributed by atoms with Crippen LogP contribution in [-0.4, -0.2) is 44.9 Å². The average Bonchev–Trinajstić information content (AvgIpc) is 3.17. The summed E-state index contributed by atoms with van der Waals surface area (Å²) in [5.41, 5.74) is 3.39. The van der Waals surface area contributed by atoms with Crippen LogP contribution < -0.4 is 0 Å². The summed E-state index contributed by atoms with van der Waals surface area (Å²) in [7, 11) is 0. The first kappa shape index (κ1) is 17.6. The molecule has 2 aromatic rings. The number of aromatic nitrogens is 2. The lowest BCUT2D eigenvalue weighted by molar-refractivity contribution is -0.129. The molecule has 0 bridgehead atoms. The second kappa shape index (κ2) is 6.96. The molecule has 0 spiro atoms. The molecule has 1 N–H and O–H groups in total. The van der Waals surface area contributed by atoms with E-state index in [0.29, 0.717) is 19.5 Å². The molecule has 1 amide bonds. The largest absolute Gasteiger partial charge is 0.393 e. The van der Waals surface area contributed by atoms with Crippen molar-refractivity contribution in [2.24, 2.45) is 5.92 Å². The van der Waals surface area contributed by atoms with Crippen molar-refractivity contribution in [3.63, 3.8) is 0 Å². The van der Waals surface area contributed by atoms with Gasteiger partial charge in [0, 0.05) is 30.3 Å². The van der Waals surface area contributed by atoms with Gasteiger partial charge in [0.15, 0.2) is 0 Å². The molecule has 0 saturated carbocycles. The highest BCUT2D eigenvalue weighted by Crippen LogP contribution is 2.23. The van der Waals surface area contributed by atoms with Crippen LogP contribution in [0.25, 0.3) is 5.69 Å². The zero-order chi connectivity index (χ0) is 18.1. The average molecular weight is 345 g/mol. The van der Waals surface area contributed by atoms with Gasteiger partial charge in [0.05, 0.1) is 23.9 Å². The van der Waals surface area contributed by atoms with E-state index in [1.165, 1.54) is 12.1 Å². The number of amides is 1. The summed E-state index contributed by atoms with van der Waals surface area (Å²) < 4.78 is 14.9. The molecule has 2 atom stereocenters. The highest BCUT2D eigenvalue weighted by atomic mass is 19.1. The number of rotatable bonds is 4. The summed E-state index contributed by atoms with van der Waals surface area (Å²) in [6, 6.07) is 6.15. The molecule has 3 rings (SSSR count). The number of hydrogen-bond acceptors (Lipinski definition) is 3. The number of likely N-dealkylation sites (tertiary alicyclic amines) is 1. The van der Waals surface area contributed by atoms with Crippen LogP contribution in [0.2, 0.25) is 0 Å². The number of hydrogen-bond donors (Lipinski definition) is 1. The Kier molecular flexibility index (Phi) is 4.90. The Morgan fingerprint density at radius 1 is 1.36 bits per heavy atom. The first-order valence-corrected chi connectivity index (χ1v) is 8.63. The van der Waals surface area contributed by atoms with Gasteiger partial charge in [0.2, 0.25) is 5.91 Å². The SMILES string of the molecule is Cc1nn(-c2ccc(F)cc2)c(C)c1CC(=O)N1CCC(C(C)O)C1. The lowest BCUT2D eigenvalue weighted by Gasteiger charge is -2.18. The van der Waals surface area contributed by atoms with Crippen LogP contribution in [0.15, 0.2) is 24.3 Å². The van der Waals surface area contributed by atoms with E-state index in [4.69, 9.17) is 0 Å². The lowest BCUT2D eigenvalue weighted by Crippen LogP contribution is -2.31. The Morgan fingerprint density at radius 3 is 2.64 bits per heavy atom. The second-order valence-electron chi connectivity index (χ2n) is 6.84.